The van der Waals surface area contributed by atoms with Crippen molar-refractivity contribution in [3.8, 4) is 0 Å². The summed E-state index contributed by atoms with van der Waals surface area (Å²) in [6.45, 7) is 6.12. The second-order valence-electron chi connectivity index (χ2n) is 6.59. The fourth-order valence-corrected chi connectivity index (χ4v) is 3.03. The number of piperazine rings is 1. The van der Waals surface area contributed by atoms with Gasteiger partial charge in [0.05, 0.1) is 10.6 Å². The Morgan fingerprint density at radius 3 is 2.18 bits per heavy atom. The lowest BCUT2D eigenvalue weighted by atomic mass is 10.2. The van der Waals surface area contributed by atoms with Crippen LogP contribution in [-0.4, -0.2) is 71.8 Å². The molecule has 1 aliphatic heterocycles. The summed E-state index contributed by atoms with van der Waals surface area (Å²) in [6, 6.07) is 5.53. The minimum Gasteiger partial charge on any atom is -0.451 e. The standard InChI is InChI=1S/C19H24ClN3O5/c1-12(21-17(25)15-6-4-5-7-16(15)20)19(27)28-13(2)18(26)23-10-8-22(9-11-23)14(3)24/h4-7,12-13H,8-11H2,1-3H3,(H,21,25)/t12-,13?/m0/s1. The number of hydrogen-bond donors (Lipinski definition) is 1. The van der Waals surface area contributed by atoms with Crippen LogP contribution in [0.1, 0.15) is 31.1 Å². The van der Waals surface area contributed by atoms with Gasteiger partial charge in [-0.3, -0.25) is 14.4 Å². The largest absolute Gasteiger partial charge is 0.451 e. The van der Waals surface area contributed by atoms with Gasteiger partial charge >= 0.3 is 5.97 Å². The summed E-state index contributed by atoms with van der Waals surface area (Å²) < 4.78 is 5.21. The molecule has 1 fully saturated rings. The van der Waals surface area contributed by atoms with Gasteiger partial charge in [-0.2, -0.15) is 0 Å². The van der Waals surface area contributed by atoms with Crippen LogP contribution in [0.15, 0.2) is 24.3 Å². The Hall–Kier alpha value is -2.61. The molecule has 0 spiro atoms. The van der Waals surface area contributed by atoms with Crippen LogP contribution < -0.4 is 5.32 Å². The van der Waals surface area contributed by atoms with Crippen molar-refractivity contribution < 1.29 is 23.9 Å². The zero-order valence-corrected chi connectivity index (χ0v) is 16.9. The van der Waals surface area contributed by atoms with E-state index in [9.17, 15) is 19.2 Å². The van der Waals surface area contributed by atoms with Gasteiger partial charge in [-0.25, -0.2) is 4.79 Å². The average molecular weight is 410 g/mol. The van der Waals surface area contributed by atoms with Gasteiger partial charge in [0.2, 0.25) is 5.91 Å². The summed E-state index contributed by atoms with van der Waals surface area (Å²) in [6.07, 6.45) is -0.990. The fourth-order valence-electron chi connectivity index (χ4n) is 2.80. The molecule has 1 aromatic carbocycles. The fraction of sp³-hybridized carbons (Fsp3) is 0.474. The van der Waals surface area contributed by atoms with Crippen molar-refractivity contribution in [1.82, 2.24) is 15.1 Å². The Bertz CT molecular complexity index is 762. The molecule has 1 aliphatic rings. The molecule has 1 unspecified atom stereocenters. The van der Waals surface area contributed by atoms with Crippen LogP contribution >= 0.6 is 11.6 Å². The highest BCUT2D eigenvalue weighted by Gasteiger charge is 2.29. The predicted octanol–water partition coefficient (Wildman–Crippen LogP) is 1.08. The van der Waals surface area contributed by atoms with E-state index in [1.54, 1.807) is 34.1 Å². The molecule has 8 nitrogen and oxygen atoms in total. The number of nitrogens with one attached hydrogen (secondary N) is 1. The van der Waals surface area contributed by atoms with Crippen LogP contribution in [0.4, 0.5) is 0 Å². The summed E-state index contributed by atoms with van der Waals surface area (Å²) in [5.74, 6) is -1.59. The molecule has 3 amide bonds. The average Bonchev–Trinajstić information content (AvgIpc) is 2.67. The minimum absolute atomic E-state index is 0.0327. The molecule has 1 heterocycles. The first-order valence-corrected chi connectivity index (χ1v) is 9.38. The normalized spacial score (nSPS) is 16.1. The number of ether oxygens (including phenoxy) is 1. The zero-order chi connectivity index (χ0) is 20.8. The Kier molecular flexibility index (Phi) is 7.39. The molecule has 2 rings (SSSR count). The molecule has 28 heavy (non-hydrogen) atoms. The molecular formula is C19H24ClN3O5. The third-order valence-electron chi connectivity index (χ3n) is 4.50. The lowest BCUT2D eigenvalue weighted by molar-refractivity contribution is -0.161. The summed E-state index contributed by atoms with van der Waals surface area (Å²) in [7, 11) is 0. The van der Waals surface area contributed by atoms with Gasteiger partial charge in [0.15, 0.2) is 6.10 Å². The number of halogens is 1. The number of amides is 3. The van der Waals surface area contributed by atoms with E-state index in [-0.39, 0.29) is 22.4 Å². The monoisotopic (exact) mass is 409 g/mol. The van der Waals surface area contributed by atoms with Crippen molar-refractivity contribution in [2.45, 2.75) is 32.9 Å². The Labute approximate surface area is 168 Å². The van der Waals surface area contributed by atoms with Crippen LogP contribution in [0, 0.1) is 0 Å². The van der Waals surface area contributed by atoms with Gasteiger partial charge in [0.25, 0.3) is 11.8 Å². The molecule has 2 atom stereocenters. The highest BCUT2D eigenvalue weighted by molar-refractivity contribution is 6.33. The number of benzene rings is 1. The number of esters is 1. The second-order valence-corrected chi connectivity index (χ2v) is 6.99. The Balaban J connectivity index is 1.85. The van der Waals surface area contributed by atoms with Gasteiger partial charge < -0.3 is 19.9 Å². The Morgan fingerprint density at radius 2 is 1.61 bits per heavy atom. The molecular weight excluding hydrogens is 386 g/mol. The van der Waals surface area contributed by atoms with Crippen molar-refractivity contribution in [3.05, 3.63) is 34.9 Å². The van der Waals surface area contributed by atoms with E-state index in [4.69, 9.17) is 16.3 Å². The zero-order valence-electron chi connectivity index (χ0n) is 16.1. The van der Waals surface area contributed by atoms with Crippen molar-refractivity contribution in [3.63, 3.8) is 0 Å². The highest BCUT2D eigenvalue weighted by atomic mass is 35.5. The first kappa shape index (κ1) is 21.7. The van der Waals surface area contributed by atoms with E-state index in [2.05, 4.69) is 5.32 Å². The molecule has 0 radical (unpaired) electrons. The quantitative estimate of drug-likeness (QED) is 0.734. The predicted molar refractivity (Wildman–Crippen MR) is 103 cm³/mol. The van der Waals surface area contributed by atoms with Crippen LogP contribution in [0.3, 0.4) is 0 Å². The van der Waals surface area contributed by atoms with Gasteiger partial charge in [-0.05, 0) is 26.0 Å². The summed E-state index contributed by atoms with van der Waals surface area (Å²) in [5.41, 5.74) is 0.247. The van der Waals surface area contributed by atoms with Crippen LogP contribution in [-0.2, 0) is 19.1 Å². The molecule has 9 heteroatoms. The first-order chi connectivity index (χ1) is 13.2. The molecule has 1 saturated heterocycles. The van der Waals surface area contributed by atoms with Gasteiger partial charge in [-0.15, -0.1) is 0 Å². The summed E-state index contributed by atoms with van der Waals surface area (Å²) >= 11 is 5.97. The number of rotatable bonds is 5. The van der Waals surface area contributed by atoms with Gasteiger partial charge in [-0.1, -0.05) is 23.7 Å². The second kappa shape index (κ2) is 9.54. The van der Waals surface area contributed by atoms with E-state index in [0.29, 0.717) is 26.2 Å². The van der Waals surface area contributed by atoms with E-state index < -0.39 is 24.0 Å². The van der Waals surface area contributed by atoms with Crippen LogP contribution in [0.5, 0.6) is 0 Å². The maximum absolute atomic E-state index is 12.5. The maximum Gasteiger partial charge on any atom is 0.329 e. The van der Waals surface area contributed by atoms with Crippen LogP contribution in [0.2, 0.25) is 5.02 Å². The van der Waals surface area contributed by atoms with Crippen molar-refractivity contribution in [2.24, 2.45) is 0 Å². The van der Waals surface area contributed by atoms with E-state index >= 15 is 0 Å². The number of nitrogens with zero attached hydrogens (tertiary/aromatic N) is 2. The number of carbonyl (C=O) groups excluding carboxylic acids is 4. The molecule has 1 N–H and O–H groups in total. The first-order valence-electron chi connectivity index (χ1n) is 9.01. The summed E-state index contributed by atoms with van der Waals surface area (Å²) in [4.78, 5) is 51.5. The number of hydrogen-bond acceptors (Lipinski definition) is 5. The molecule has 0 bridgehead atoms. The summed E-state index contributed by atoms with van der Waals surface area (Å²) in [5, 5.41) is 2.78. The molecule has 0 saturated carbocycles. The third kappa shape index (κ3) is 5.45. The SMILES string of the molecule is CC(=O)N1CCN(C(=O)C(C)OC(=O)[C@H](C)NC(=O)c2ccccc2Cl)CC1. The highest BCUT2D eigenvalue weighted by Crippen LogP contribution is 2.15. The van der Waals surface area contributed by atoms with Crippen LogP contribution in [0.25, 0.3) is 0 Å². The van der Waals surface area contributed by atoms with Gasteiger partial charge in [0, 0.05) is 33.1 Å². The van der Waals surface area contributed by atoms with E-state index in [1.807, 2.05) is 0 Å². The molecule has 0 aromatic heterocycles. The molecule has 152 valence electrons. The van der Waals surface area contributed by atoms with Gasteiger partial charge in [0.1, 0.15) is 6.04 Å². The lowest BCUT2D eigenvalue weighted by Gasteiger charge is -2.35. The topological polar surface area (TPSA) is 96.0 Å². The third-order valence-corrected chi connectivity index (χ3v) is 4.83. The molecule has 1 aromatic rings. The van der Waals surface area contributed by atoms with E-state index in [0.717, 1.165) is 0 Å². The minimum atomic E-state index is -0.990. The smallest absolute Gasteiger partial charge is 0.329 e. The van der Waals surface area contributed by atoms with Crippen molar-refractivity contribution in [2.75, 3.05) is 26.2 Å². The van der Waals surface area contributed by atoms with Crippen molar-refractivity contribution in [1.29, 1.82) is 0 Å². The molecule has 0 aliphatic carbocycles. The maximum atomic E-state index is 12.5. The Morgan fingerprint density at radius 1 is 1.04 bits per heavy atom. The lowest BCUT2D eigenvalue weighted by Crippen LogP contribution is -2.53. The van der Waals surface area contributed by atoms with Crippen molar-refractivity contribution >= 4 is 35.3 Å². The van der Waals surface area contributed by atoms with E-state index in [1.165, 1.54) is 20.8 Å². The number of carbonyl (C=O) groups is 4.